The second kappa shape index (κ2) is 6.84. The van der Waals surface area contributed by atoms with E-state index in [2.05, 4.69) is 21.9 Å². The van der Waals surface area contributed by atoms with Crippen molar-refractivity contribution in [2.45, 2.75) is 39.2 Å². The summed E-state index contributed by atoms with van der Waals surface area (Å²) in [7, 11) is 1.92. The van der Waals surface area contributed by atoms with Crippen molar-refractivity contribution in [3.8, 4) is 11.3 Å². The highest BCUT2D eigenvalue weighted by atomic mass is 32.1. The number of ether oxygens (including phenoxy) is 1. The number of carbonyl (C=O) groups is 1. The zero-order chi connectivity index (χ0) is 16.4. The van der Waals surface area contributed by atoms with Crippen LogP contribution in [0.4, 0.5) is 0 Å². The molecule has 1 aliphatic rings. The molecule has 23 heavy (non-hydrogen) atoms. The lowest BCUT2D eigenvalue weighted by molar-refractivity contribution is 0.0756. The Hall–Kier alpha value is -1.66. The van der Waals surface area contributed by atoms with E-state index < -0.39 is 0 Å². The Kier molecular flexibility index (Phi) is 4.82. The maximum Gasteiger partial charge on any atom is 0.272 e. The number of hydrogen-bond donors (Lipinski definition) is 1. The van der Waals surface area contributed by atoms with Gasteiger partial charge in [-0.25, -0.2) is 0 Å². The van der Waals surface area contributed by atoms with E-state index in [0.29, 0.717) is 18.8 Å². The standard InChI is InChI=1S/C17H23N3O2S/c1-11(2)22-9-4-8-18-17(21)15-13-5-6-14-12(7-10-23-14)16(13)20(3)19-15/h7,10-11H,4-6,8-9H2,1-3H3,(H,18,21). The lowest BCUT2D eigenvalue weighted by Crippen LogP contribution is -2.27. The van der Waals surface area contributed by atoms with Gasteiger partial charge in [0.2, 0.25) is 0 Å². The van der Waals surface area contributed by atoms with Crippen molar-refractivity contribution in [1.29, 1.82) is 0 Å². The van der Waals surface area contributed by atoms with Gasteiger partial charge in [-0.3, -0.25) is 9.48 Å². The zero-order valence-corrected chi connectivity index (χ0v) is 14.7. The van der Waals surface area contributed by atoms with Crippen molar-refractivity contribution < 1.29 is 9.53 Å². The largest absolute Gasteiger partial charge is 0.379 e. The second-order valence-corrected chi connectivity index (χ2v) is 7.09. The summed E-state index contributed by atoms with van der Waals surface area (Å²) in [5.74, 6) is -0.0786. The topological polar surface area (TPSA) is 56.1 Å². The molecule has 0 radical (unpaired) electrons. The van der Waals surface area contributed by atoms with Gasteiger partial charge < -0.3 is 10.1 Å². The van der Waals surface area contributed by atoms with Crippen molar-refractivity contribution in [2.75, 3.05) is 13.2 Å². The number of fused-ring (bicyclic) bond motifs is 3. The number of rotatable bonds is 6. The molecule has 2 aromatic heterocycles. The van der Waals surface area contributed by atoms with Crippen molar-refractivity contribution in [3.63, 3.8) is 0 Å². The number of nitrogens with one attached hydrogen (secondary N) is 1. The maximum atomic E-state index is 12.5. The summed E-state index contributed by atoms with van der Waals surface area (Å²) in [4.78, 5) is 13.8. The Bertz CT molecular complexity index is 703. The van der Waals surface area contributed by atoms with Gasteiger partial charge in [-0.2, -0.15) is 5.10 Å². The van der Waals surface area contributed by atoms with E-state index in [1.54, 1.807) is 11.3 Å². The van der Waals surface area contributed by atoms with Crippen LogP contribution in [0.5, 0.6) is 0 Å². The number of hydrogen-bond acceptors (Lipinski definition) is 4. The van der Waals surface area contributed by atoms with Crippen LogP contribution < -0.4 is 5.32 Å². The van der Waals surface area contributed by atoms with Crippen LogP contribution in [0.3, 0.4) is 0 Å². The van der Waals surface area contributed by atoms with Gasteiger partial charge in [-0.1, -0.05) is 0 Å². The van der Waals surface area contributed by atoms with Crippen LogP contribution in [0.15, 0.2) is 11.4 Å². The summed E-state index contributed by atoms with van der Waals surface area (Å²) in [5, 5.41) is 9.55. The average Bonchev–Trinajstić information content (AvgIpc) is 3.10. The van der Waals surface area contributed by atoms with Crippen molar-refractivity contribution in [2.24, 2.45) is 7.05 Å². The van der Waals surface area contributed by atoms with E-state index in [-0.39, 0.29) is 12.0 Å². The molecule has 3 rings (SSSR count). The predicted octanol–water partition coefficient (Wildman–Crippen LogP) is 2.79. The predicted molar refractivity (Wildman–Crippen MR) is 92.0 cm³/mol. The van der Waals surface area contributed by atoms with Crippen LogP contribution in [0.2, 0.25) is 0 Å². The molecule has 0 spiro atoms. The molecular weight excluding hydrogens is 310 g/mol. The molecule has 0 fully saturated rings. The molecule has 5 nitrogen and oxygen atoms in total. The van der Waals surface area contributed by atoms with Crippen molar-refractivity contribution in [1.82, 2.24) is 15.1 Å². The molecule has 0 saturated heterocycles. The lowest BCUT2D eigenvalue weighted by Gasteiger charge is -2.13. The minimum absolute atomic E-state index is 0.0786. The van der Waals surface area contributed by atoms with Gasteiger partial charge in [-0.15, -0.1) is 11.3 Å². The van der Waals surface area contributed by atoms with Crippen LogP contribution in [0.1, 0.15) is 41.2 Å². The molecule has 1 amide bonds. The molecule has 0 bridgehead atoms. The summed E-state index contributed by atoms with van der Waals surface area (Å²) >= 11 is 1.78. The number of aromatic nitrogens is 2. The molecule has 1 N–H and O–H groups in total. The normalized spacial score (nSPS) is 13.0. The number of thiophene rings is 1. The Morgan fingerprint density at radius 3 is 3.09 bits per heavy atom. The average molecular weight is 333 g/mol. The molecule has 2 heterocycles. The Morgan fingerprint density at radius 1 is 1.48 bits per heavy atom. The van der Waals surface area contributed by atoms with Gasteiger partial charge in [0, 0.05) is 36.2 Å². The van der Waals surface area contributed by atoms with Gasteiger partial charge in [-0.05, 0) is 44.6 Å². The fraction of sp³-hybridized carbons (Fsp3) is 0.529. The summed E-state index contributed by atoms with van der Waals surface area (Å²) in [5.41, 5.74) is 3.98. The second-order valence-electron chi connectivity index (χ2n) is 6.09. The van der Waals surface area contributed by atoms with E-state index in [0.717, 1.165) is 30.5 Å². The first-order chi connectivity index (χ1) is 11.1. The molecule has 0 aromatic carbocycles. The third-order valence-corrected chi connectivity index (χ3v) is 5.00. The molecule has 124 valence electrons. The Morgan fingerprint density at radius 2 is 2.30 bits per heavy atom. The fourth-order valence-electron chi connectivity index (χ4n) is 2.98. The van der Waals surface area contributed by atoms with Crippen LogP contribution in [0, 0.1) is 0 Å². The smallest absolute Gasteiger partial charge is 0.272 e. The van der Waals surface area contributed by atoms with Gasteiger partial charge in [0.15, 0.2) is 5.69 Å². The monoisotopic (exact) mass is 333 g/mol. The quantitative estimate of drug-likeness (QED) is 0.827. The molecule has 0 atom stereocenters. The highest BCUT2D eigenvalue weighted by molar-refractivity contribution is 7.10. The highest BCUT2D eigenvalue weighted by Gasteiger charge is 2.27. The fourth-order valence-corrected chi connectivity index (χ4v) is 3.86. The van der Waals surface area contributed by atoms with Crippen LogP contribution in [-0.2, 0) is 24.6 Å². The first-order valence-corrected chi connectivity index (χ1v) is 8.98. The molecule has 0 unspecified atom stereocenters. The molecule has 2 aromatic rings. The van der Waals surface area contributed by atoms with E-state index >= 15 is 0 Å². The summed E-state index contributed by atoms with van der Waals surface area (Å²) in [6.07, 6.45) is 2.92. The van der Waals surface area contributed by atoms with Gasteiger partial charge in [0.1, 0.15) is 0 Å². The van der Waals surface area contributed by atoms with Crippen LogP contribution in [-0.4, -0.2) is 34.9 Å². The Balaban J connectivity index is 1.68. The number of amides is 1. The van der Waals surface area contributed by atoms with Gasteiger partial charge in [0.25, 0.3) is 5.91 Å². The maximum absolute atomic E-state index is 12.5. The zero-order valence-electron chi connectivity index (χ0n) is 13.9. The minimum atomic E-state index is -0.0786. The van der Waals surface area contributed by atoms with Crippen LogP contribution >= 0.6 is 11.3 Å². The van der Waals surface area contributed by atoms with Crippen molar-refractivity contribution >= 4 is 17.2 Å². The van der Waals surface area contributed by atoms with Crippen LogP contribution in [0.25, 0.3) is 11.3 Å². The SMILES string of the molecule is CC(C)OCCCNC(=O)c1nn(C)c2c1CCc1sccc1-2. The summed E-state index contributed by atoms with van der Waals surface area (Å²) < 4.78 is 7.33. The number of aryl methyl sites for hydroxylation is 2. The molecular formula is C17H23N3O2S. The number of nitrogens with zero attached hydrogens (tertiary/aromatic N) is 2. The summed E-state index contributed by atoms with van der Waals surface area (Å²) in [6.45, 7) is 5.30. The first kappa shape index (κ1) is 16.2. The van der Waals surface area contributed by atoms with Gasteiger partial charge in [0.05, 0.1) is 11.8 Å². The Labute approximate surface area is 140 Å². The first-order valence-electron chi connectivity index (χ1n) is 8.10. The van der Waals surface area contributed by atoms with E-state index in [1.165, 1.54) is 10.4 Å². The third kappa shape index (κ3) is 3.33. The van der Waals surface area contributed by atoms with Crippen molar-refractivity contribution in [3.05, 3.63) is 27.6 Å². The molecule has 0 saturated carbocycles. The minimum Gasteiger partial charge on any atom is -0.379 e. The molecule has 0 aliphatic heterocycles. The highest BCUT2D eigenvalue weighted by Crippen LogP contribution is 2.37. The third-order valence-electron chi connectivity index (χ3n) is 4.02. The van der Waals surface area contributed by atoms with E-state index in [9.17, 15) is 4.79 Å². The summed E-state index contributed by atoms with van der Waals surface area (Å²) in [6, 6.07) is 2.13. The number of carbonyl (C=O) groups excluding carboxylic acids is 1. The van der Waals surface area contributed by atoms with Gasteiger partial charge >= 0.3 is 0 Å². The molecule has 6 heteroatoms. The lowest BCUT2D eigenvalue weighted by atomic mass is 9.94. The van der Waals surface area contributed by atoms with E-state index in [4.69, 9.17) is 4.74 Å². The van der Waals surface area contributed by atoms with E-state index in [1.807, 2.05) is 25.6 Å². The molecule has 1 aliphatic carbocycles.